The summed E-state index contributed by atoms with van der Waals surface area (Å²) >= 11 is 0. The number of nitrogens with zero attached hydrogens (tertiary/aromatic N) is 3. The average molecular weight is 354 g/mol. The van der Waals surface area contributed by atoms with Crippen LogP contribution >= 0.6 is 0 Å². The van der Waals surface area contributed by atoms with Gasteiger partial charge in [-0.15, -0.1) is 0 Å². The molecule has 0 atom stereocenters. The predicted molar refractivity (Wildman–Crippen MR) is 90.9 cm³/mol. The Morgan fingerprint density at radius 2 is 1.85 bits per heavy atom. The minimum absolute atomic E-state index is 0.0366. The molecule has 26 heavy (non-hydrogen) atoms. The van der Waals surface area contributed by atoms with Crippen LogP contribution in [0.3, 0.4) is 0 Å². The molecule has 0 fully saturated rings. The van der Waals surface area contributed by atoms with Crippen LogP contribution in [-0.4, -0.2) is 20.0 Å². The highest BCUT2D eigenvalue weighted by Crippen LogP contribution is 2.39. The minimum Gasteiger partial charge on any atom is -0.278 e. The number of hydrogen-bond acceptors (Lipinski definition) is 2. The van der Waals surface area contributed by atoms with Crippen LogP contribution in [-0.2, 0) is 13.0 Å². The van der Waals surface area contributed by atoms with Crippen molar-refractivity contribution in [1.29, 1.82) is 0 Å². The summed E-state index contributed by atoms with van der Waals surface area (Å²) in [6.45, 7) is 0.722. The van der Waals surface area contributed by atoms with Crippen molar-refractivity contribution in [1.82, 2.24) is 20.0 Å². The molecule has 4 nitrogen and oxygen atoms in total. The maximum atomic E-state index is 14.4. The molecule has 3 heterocycles. The van der Waals surface area contributed by atoms with E-state index in [4.69, 9.17) is 0 Å². The molecular formula is C19H13F3N4. The second-order valence-corrected chi connectivity index (χ2v) is 6.42. The van der Waals surface area contributed by atoms with E-state index in [-0.39, 0.29) is 5.56 Å². The van der Waals surface area contributed by atoms with Crippen LogP contribution in [0, 0.1) is 17.5 Å². The molecule has 0 saturated carbocycles. The molecule has 0 amide bonds. The van der Waals surface area contributed by atoms with Gasteiger partial charge < -0.3 is 0 Å². The van der Waals surface area contributed by atoms with Gasteiger partial charge in [-0.1, -0.05) is 12.1 Å². The summed E-state index contributed by atoms with van der Waals surface area (Å²) in [6.07, 6.45) is 3.47. The fourth-order valence-electron chi connectivity index (χ4n) is 3.62. The van der Waals surface area contributed by atoms with E-state index < -0.39 is 17.5 Å². The van der Waals surface area contributed by atoms with Crippen molar-refractivity contribution in [3.8, 4) is 22.4 Å². The molecule has 1 aliphatic rings. The van der Waals surface area contributed by atoms with Crippen molar-refractivity contribution in [2.24, 2.45) is 0 Å². The van der Waals surface area contributed by atoms with E-state index in [9.17, 15) is 13.2 Å². The van der Waals surface area contributed by atoms with Crippen LogP contribution in [0.15, 0.2) is 36.5 Å². The zero-order valence-corrected chi connectivity index (χ0v) is 13.6. The Hall–Kier alpha value is -3.09. The molecule has 1 N–H and O–H groups in total. The maximum absolute atomic E-state index is 14.4. The molecule has 0 aliphatic carbocycles. The molecule has 5 rings (SSSR count). The van der Waals surface area contributed by atoms with Crippen LogP contribution in [0.1, 0.15) is 12.1 Å². The van der Waals surface area contributed by atoms with E-state index in [0.717, 1.165) is 53.2 Å². The summed E-state index contributed by atoms with van der Waals surface area (Å²) in [4.78, 5) is 0. The Morgan fingerprint density at radius 3 is 2.73 bits per heavy atom. The highest BCUT2D eigenvalue weighted by Gasteiger charge is 2.26. The lowest BCUT2D eigenvalue weighted by molar-refractivity contribution is 0.496. The number of H-pyrrole nitrogens is 1. The first-order valence-electron chi connectivity index (χ1n) is 8.30. The number of benzene rings is 2. The minimum atomic E-state index is -1.21. The monoisotopic (exact) mass is 354 g/mol. The number of rotatable bonds is 2. The van der Waals surface area contributed by atoms with E-state index in [0.29, 0.717) is 11.8 Å². The van der Waals surface area contributed by atoms with Crippen molar-refractivity contribution in [2.45, 2.75) is 19.4 Å². The van der Waals surface area contributed by atoms with Gasteiger partial charge in [0, 0.05) is 34.8 Å². The van der Waals surface area contributed by atoms with Gasteiger partial charge in [0.05, 0.1) is 11.7 Å². The summed E-state index contributed by atoms with van der Waals surface area (Å²) in [6, 6.07) is 7.19. The Kier molecular flexibility index (Phi) is 3.19. The van der Waals surface area contributed by atoms with Crippen LogP contribution in [0.4, 0.5) is 13.2 Å². The van der Waals surface area contributed by atoms with Gasteiger partial charge in [0.25, 0.3) is 0 Å². The van der Waals surface area contributed by atoms with E-state index >= 15 is 0 Å². The molecule has 1 aliphatic heterocycles. The van der Waals surface area contributed by atoms with Crippen LogP contribution in [0.5, 0.6) is 0 Å². The zero-order valence-electron chi connectivity index (χ0n) is 13.6. The number of aromatic amines is 1. The van der Waals surface area contributed by atoms with Gasteiger partial charge in [0.15, 0.2) is 11.6 Å². The van der Waals surface area contributed by atoms with Crippen molar-refractivity contribution in [2.75, 3.05) is 0 Å². The molecule has 0 bridgehead atoms. The van der Waals surface area contributed by atoms with Crippen molar-refractivity contribution >= 4 is 10.9 Å². The largest absolute Gasteiger partial charge is 0.278 e. The zero-order chi connectivity index (χ0) is 17.8. The fourth-order valence-corrected chi connectivity index (χ4v) is 3.62. The Balaban J connectivity index is 1.78. The van der Waals surface area contributed by atoms with E-state index in [1.54, 1.807) is 6.20 Å². The Morgan fingerprint density at radius 1 is 1.00 bits per heavy atom. The van der Waals surface area contributed by atoms with Crippen molar-refractivity contribution in [3.63, 3.8) is 0 Å². The topological polar surface area (TPSA) is 46.5 Å². The molecule has 0 radical (unpaired) electrons. The van der Waals surface area contributed by atoms with Crippen LogP contribution in [0.25, 0.3) is 33.3 Å². The van der Waals surface area contributed by atoms with Gasteiger partial charge in [-0.3, -0.25) is 9.78 Å². The number of fused-ring (bicyclic) bond motifs is 2. The molecular weight excluding hydrogens is 341 g/mol. The average Bonchev–Trinajstić information content (AvgIpc) is 3.32. The number of aryl methyl sites for hydroxylation is 1. The molecule has 2 aromatic carbocycles. The van der Waals surface area contributed by atoms with Crippen LogP contribution < -0.4 is 0 Å². The smallest absolute Gasteiger partial charge is 0.161 e. The van der Waals surface area contributed by atoms with E-state index in [1.165, 1.54) is 0 Å². The number of hydrogen-bond donors (Lipinski definition) is 1. The molecule has 130 valence electrons. The Labute approximate surface area is 146 Å². The second-order valence-electron chi connectivity index (χ2n) is 6.42. The van der Waals surface area contributed by atoms with E-state index in [2.05, 4.69) is 15.3 Å². The molecule has 4 aromatic rings. The molecule has 0 saturated heterocycles. The van der Waals surface area contributed by atoms with Gasteiger partial charge in [-0.25, -0.2) is 13.2 Å². The maximum Gasteiger partial charge on any atom is 0.161 e. The Bertz CT molecular complexity index is 1160. The third-order valence-electron chi connectivity index (χ3n) is 4.84. The quantitative estimate of drug-likeness (QED) is 0.541. The van der Waals surface area contributed by atoms with Gasteiger partial charge in [-0.2, -0.15) is 10.2 Å². The summed E-state index contributed by atoms with van der Waals surface area (Å²) in [5, 5.41) is 12.4. The lowest BCUT2D eigenvalue weighted by Crippen LogP contribution is -1.96. The molecule has 0 unspecified atom stereocenters. The van der Waals surface area contributed by atoms with Gasteiger partial charge >= 0.3 is 0 Å². The lowest BCUT2D eigenvalue weighted by atomic mass is 9.96. The predicted octanol–water partition coefficient (Wildman–Crippen LogP) is 4.46. The fraction of sp³-hybridized carbons (Fsp3) is 0.158. The number of aromatic nitrogens is 4. The molecule has 7 heteroatoms. The number of nitrogens with one attached hydrogen (secondary N) is 1. The normalized spacial score (nSPS) is 13.5. The highest BCUT2D eigenvalue weighted by molar-refractivity contribution is 5.89. The SMILES string of the molecule is Fc1cc(F)c(-c2nn3c(c2-c2ccc4cn[nH]c4c2)CCC3)cc1F. The van der Waals surface area contributed by atoms with Crippen molar-refractivity contribution in [3.05, 3.63) is 59.7 Å². The van der Waals surface area contributed by atoms with Gasteiger partial charge in [0.2, 0.25) is 0 Å². The lowest BCUT2D eigenvalue weighted by Gasteiger charge is -2.07. The standard InChI is InChI=1S/C19H13F3N4/c20-13-8-15(22)14(21)7-12(13)19-18(17-2-1-5-26(17)25-19)10-3-4-11-9-23-24-16(11)6-10/h3-4,6-9H,1-2,5H2,(H,23,24). The first-order chi connectivity index (χ1) is 12.6. The first-order valence-corrected chi connectivity index (χ1v) is 8.30. The van der Waals surface area contributed by atoms with Gasteiger partial charge in [-0.05, 0) is 30.5 Å². The summed E-state index contributed by atoms with van der Waals surface area (Å²) < 4.78 is 43.3. The van der Waals surface area contributed by atoms with Gasteiger partial charge in [0.1, 0.15) is 11.5 Å². The number of halogens is 3. The summed E-state index contributed by atoms with van der Waals surface area (Å²) in [5.74, 6) is -3.13. The van der Waals surface area contributed by atoms with Crippen LogP contribution in [0.2, 0.25) is 0 Å². The molecule has 2 aromatic heterocycles. The highest BCUT2D eigenvalue weighted by atomic mass is 19.2. The van der Waals surface area contributed by atoms with E-state index in [1.807, 2.05) is 22.9 Å². The molecule has 0 spiro atoms. The summed E-state index contributed by atoms with van der Waals surface area (Å²) in [5.41, 5.74) is 3.70. The second kappa shape index (κ2) is 5.45. The third kappa shape index (κ3) is 2.16. The first kappa shape index (κ1) is 15.2. The van der Waals surface area contributed by atoms with Crippen molar-refractivity contribution < 1.29 is 13.2 Å². The summed E-state index contributed by atoms with van der Waals surface area (Å²) in [7, 11) is 0. The third-order valence-corrected chi connectivity index (χ3v) is 4.84.